The number of halogens is 7. The first-order valence-corrected chi connectivity index (χ1v) is 4.76. The van der Waals surface area contributed by atoms with Crippen LogP contribution < -0.4 is 0 Å². The third-order valence-corrected chi connectivity index (χ3v) is 2.25. The molecule has 78 valence electrons. The first-order valence-electron chi connectivity index (χ1n) is 3.13. The quantitative estimate of drug-likeness (QED) is 0.645. The van der Waals surface area contributed by atoms with Crippen LogP contribution in [-0.4, -0.2) is 10.8 Å². The molecule has 0 bridgehead atoms. The summed E-state index contributed by atoms with van der Waals surface area (Å²) in [5.41, 5.74) is 0. The minimum atomic E-state index is -3.34. The number of rotatable bonds is 4. The van der Waals surface area contributed by atoms with E-state index in [9.17, 15) is 13.2 Å². The zero-order valence-electron chi connectivity index (χ0n) is 6.14. The molecule has 0 heterocycles. The SMILES string of the molecule is FC(CCC(F)(F)C(Cl)Cl)=C(Cl)Cl. The van der Waals surface area contributed by atoms with E-state index in [1.54, 1.807) is 0 Å². The van der Waals surface area contributed by atoms with E-state index in [4.69, 9.17) is 46.4 Å². The van der Waals surface area contributed by atoms with Crippen molar-refractivity contribution in [1.29, 1.82) is 0 Å². The molecule has 0 fully saturated rings. The van der Waals surface area contributed by atoms with E-state index in [2.05, 4.69) is 0 Å². The molecule has 7 heteroatoms. The summed E-state index contributed by atoms with van der Waals surface area (Å²) in [6, 6.07) is 0. The molecule has 0 atom stereocenters. The van der Waals surface area contributed by atoms with Crippen molar-refractivity contribution in [3.8, 4) is 0 Å². The summed E-state index contributed by atoms with van der Waals surface area (Å²) in [7, 11) is 0. The Morgan fingerprint density at radius 1 is 1.23 bits per heavy atom. The molecule has 0 aromatic heterocycles. The van der Waals surface area contributed by atoms with Crippen LogP contribution in [0.3, 0.4) is 0 Å². The third-order valence-electron chi connectivity index (χ3n) is 1.20. The Morgan fingerprint density at radius 3 is 2.00 bits per heavy atom. The minimum absolute atomic E-state index is 0.592. The second-order valence-corrected chi connectivity index (χ2v) is 4.27. The van der Waals surface area contributed by atoms with Gasteiger partial charge < -0.3 is 0 Å². The van der Waals surface area contributed by atoms with Crippen LogP contribution >= 0.6 is 46.4 Å². The average molecular weight is 276 g/mol. The molecule has 13 heavy (non-hydrogen) atoms. The lowest BCUT2D eigenvalue weighted by Gasteiger charge is -2.16. The van der Waals surface area contributed by atoms with Crippen LogP contribution in [0.15, 0.2) is 10.3 Å². The normalized spacial score (nSPS) is 12.0. The maximum absolute atomic E-state index is 12.6. The van der Waals surface area contributed by atoms with Gasteiger partial charge in [-0.1, -0.05) is 46.4 Å². The van der Waals surface area contributed by atoms with Crippen LogP contribution in [0.5, 0.6) is 0 Å². The minimum Gasteiger partial charge on any atom is -0.209 e. The number of allylic oxidation sites excluding steroid dienone is 1. The van der Waals surface area contributed by atoms with Gasteiger partial charge in [0.2, 0.25) is 0 Å². The maximum Gasteiger partial charge on any atom is 0.278 e. The molecule has 0 aromatic rings. The highest BCUT2D eigenvalue weighted by Crippen LogP contribution is 2.33. The Bertz CT molecular complexity index is 198. The number of hydrogen-bond acceptors (Lipinski definition) is 0. The Labute approximate surface area is 93.6 Å². The highest BCUT2D eigenvalue weighted by atomic mass is 35.5. The molecular weight excluding hydrogens is 271 g/mol. The maximum atomic E-state index is 12.6. The van der Waals surface area contributed by atoms with Gasteiger partial charge in [-0.2, -0.15) is 0 Å². The van der Waals surface area contributed by atoms with Crippen molar-refractivity contribution in [2.45, 2.75) is 23.6 Å². The van der Waals surface area contributed by atoms with E-state index < -0.39 is 33.9 Å². The van der Waals surface area contributed by atoms with Crippen molar-refractivity contribution in [3.05, 3.63) is 10.3 Å². The van der Waals surface area contributed by atoms with Gasteiger partial charge in [0.05, 0.1) is 0 Å². The van der Waals surface area contributed by atoms with Gasteiger partial charge >= 0.3 is 0 Å². The largest absolute Gasteiger partial charge is 0.278 e. The number of alkyl halides is 4. The standard InChI is InChI=1S/C6H5Cl4F3/c7-4(8)3(11)1-2-6(12,13)5(9)10/h5H,1-2H2. The zero-order chi connectivity index (χ0) is 10.6. The predicted octanol–water partition coefficient (Wildman–Crippen LogP) is 4.82. The van der Waals surface area contributed by atoms with Crippen LogP contribution in [0, 0.1) is 0 Å². The van der Waals surface area contributed by atoms with Crippen molar-refractivity contribution in [3.63, 3.8) is 0 Å². The van der Waals surface area contributed by atoms with Crippen LogP contribution in [0.4, 0.5) is 13.2 Å². The van der Waals surface area contributed by atoms with E-state index in [1.165, 1.54) is 0 Å². The van der Waals surface area contributed by atoms with Crippen molar-refractivity contribution in [2.24, 2.45) is 0 Å². The highest BCUT2D eigenvalue weighted by molar-refractivity contribution is 6.56. The van der Waals surface area contributed by atoms with E-state index in [0.717, 1.165) is 0 Å². The second-order valence-electron chi connectivity index (χ2n) is 2.23. The van der Waals surface area contributed by atoms with E-state index in [-0.39, 0.29) is 0 Å². The summed E-state index contributed by atoms with van der Waals surface area (Å²) in [6.45, 7) is 0. The van der Waals surface area contributed by atoms with Crippen molar-refractivity contribution >= 4 is 46.4 Å². The van der Waals surface area contributed by atoms with Crippen LogP contribution in [0.1, 0.15) is 12.8 Å². The summed E-state index contributed by atoms with van der Waals surface area (Å²) in [6.07, 6.45) is -1.43. The fraction of sp³-hybridized carbons (Fsp3) is 0.667. The Kier molecular flexibility index (Phi) is 5.84. The molecular formula is C6H5Cl4F3. The van der Waals surface area contributed by atoms with Gasteiger partial charge in [0.25, 0.3) is 5.92 Å². The fourth-order valence-electron chi connectivity index (χ4n) is 0.480. The van der Waals surface area contributed by atoms with Crippen molar-refractivity contribution in [2.75, 3.05) is 0 Å². The fourth-order valence-corrected chi connectivity index (χ4v) is 0.887. The molecule has 0 rings (SSSR count). The van der Waals surface area contributed by atoms with Gasteiger partial charge in [-0.15, -0.1) is 0 Å². The molecule has 0 aliphatic heterocycles. The van der Waals surface area contributed by atoms with Crippen LogP contribution in [0.25, 0.3) is 0 Å². The van der Waals surface area contributed by atoms with Gasteiger partial charge in [-0.05, 0) is 0 Å². The Hall–Kier alpha value is 0.690. The molecule has 0 spiro atoms. The van der Waals surface area contributed by atoms with Crippen LogP contribution in [0.2, 0.25) is 0 Å². The van der Waals surface area contributed by atoms with Crippen LogP contribution in [-0.2, 0) is 0 Å². The van der Waals surface area contributed by atoms with E-state index in [0.29, 0.717) is 0 Å². The lowest BCUT2D eigenvalue weighted by atomic mass is 10.2. The van der Waals surface area contributed by atoms with Crippen molar-refractivity contribution < 1.29 is 13.2 Å². The average Bonchev–Trinajstić information content (AvgIpc) is 1.99. The Morgan fingerprint density at radius 2 is 1.69 bits per heavy atom. The third kappa shape index (κ3) is 5.21. The van der Waals surface area contributed by atoms with Gasteiger partial charge in [0, 0.05) is 12.8 Å². The molecule has 0 unspecified atom stereocenters. The first kappa shape index (κ1) is 13.7. The molecule has 0 aliphatic carbocycles. The van der Waals surface area contributed by atoms with Gasteiger partial charge in [-0.25, -0.2) is 13.2 Å². The summed E-state index contributed by atoms with van der Waals surface area (Å²) in [5.74, 6) is -4.35. The molecule has 0 aliphatic rings. The molecule has 0 amide bonds. The molecule has 0 saturated carbocycles. The molecule has 0 N–H and O–H groups in total. The smallest absolute Gasteiger partial charge is 0.209 e. The van der Waals surface area contributed by atoms with Gasteiger partial charge in [0.1, 0.15) is 10.3 Å². The summed E-state index contributed by atoms with van der Waals surface area (Å²) in [5, 5.41) is 0. The highest BCUT2D eigenvalue weighted by Gasteiger charge is 2.36. The molecule has 0 saturated heterocycles. The molecule has 0 radical (unpaired) electrons. The lowest BCUT2D eigenvalue weighted by molar-refractivity contribution is 0.00582. The Balaban J connectivity index is 4.11. The van der Waals surface area contributed by atoms with E-state index >= 15 is 0 Å². The summed E-state index contributed by atoms with van der Waals surface area (Å²) < 4.78 is 37.1. The number of hydrogen-bond donors (Lipinski definition) is 0. The predicted molar refractivity (Wildman–Crippen MR) is 49.5 cm³/mol. The molecule has 0 aromatic carbocycles. The van der Waals surface area contributed by atoms with E-state index in [1.807, 2.05) is 0 Å². The first-order chi connectivity index (χ1) is 5.77. The topological polar surface area (TPSA) is 0 Å². The molecule has 0 nitrogen and oxygen atoms in total. The monoisotopic (exact) mass is 274 g/mol. The second kappa shape index (κ2) is 5.54. The zero-order valence-corrected chi connectivity index (χ0v) is 9.16. The summed E-state index contributed by atoms with van der Waals surface area (Å²) >= 11 is 19.9. The van der Waals surface area contributed by atoms with Gasteiger partial charge in [0.15, 0.2) is 4.84 Å². The lowest BCUT2D eigenvalue weighted by Crippen LogP contribution is -2.24. The summed E-state index contributed by atoms with van der Waals surface area (Å²) in [4.78, 5) is -1.87. The van der Waals surface area contributed by atoms with Gasteiger partial charge in [-0.3, -0.25) is 0 Å². The van der Waals surface area contributed by atoms with Crippen molar-refractivity contribution in [1.82, 2.24) is 0 Å².